The van der Waals surface area contributed by atoms with Gasteiger partial charge in [0.2, 0.25) is 0 Å². The molecule has 0 aromatic carbocycles. The minimum Gasteiger partial charge on any atom is -0.490 e. The van der Waals surface area contributed by atoms with E-state index in [0.29, 0.717) is 24.5 Å². The van der Waals surface area contributed by atoms with Gasteiger partial charge in [0, 0.05) is 57.8 Å². The summed E-state index contributed by atoms with van der Waals surface area (Å²) in [6.07, 6.45) is 2.16. The quantitative estimate of drug-likeness (QED) is 0.751. The van der Waals surface area contributed by atoms with Gasteiger partial charge in [0.15, 0.2) is 0 Å². The Bertz CT molecular complexity index is 778. The number of amides is 1. The summed E-state index contributed by atoms with van der Waals surface area (Å²) in [5.74, 6) is 1.47. The third-order valence-corrected chi connectivity index (χ3v) is 5.36. The smallest absolute Gasteiger partial charge is 0.410 e. The summed E-state index contributed by atoms with van der Waals surface area (Å²) in [7, 11) is 2.11. The lowest BCUT2D eigenvalue weighted by Gasteiger charge is -2.33. The molecule has 3 rings (SSSR count). The highest BCUT2D eigenvalue weighted by Crippen LogP contribution is 2.25. The Labute approximate surface area is 179 Å². The van der Waals surface area contributed by atoms with Gasteiger partial charge in [-0.2, -0.15) is 5.26 Å². The highest BCUT2D eigenvalue weighted by atomic mass is 16.6. The van der Waals surface area contributed by atoms with Crippen LogP contribution in [0.5, 0.6) is 5.75 Å². The molecule has 1 aromatic rings. The van der Waals surface area contributed by atoms with E-state index in [2.05, 4.69) is 27.9 Å². The molecule has 1 atom stereocenters. The molecular formula is C22H33N5O3. The van der Waals surface area contributed by atoms with Gasteiger partial charge in [0.05, 0.1) is 0 Å². The minimum atomic E-state index is -0.496. The summed E-state index contributed by atoms with van der Waals surface area (Å²) in [6.45, 7) is 10.6. The zero-order valence-corrected chi connectivity index (χ0v) is 18.6. The lowest BCUT2D eigenvalue weighted by atomic mass is 10.1. The summed E-state index contributed by atoms with van der Waals surface area (Å²) in [6, 6.07) is 5.79. The predicted octanol–water partition coefficient (Wildman–Crippen LogP) is 2.87. The summed E-state index contributed by atoms with van der Waals surface area (Å²) >= 11 is 0. The fourth-order valence-corrected chi connectivity index (χ4v) is 3.70. The van der Waals surface area contributed by atoms with Crippen molar-refractivity contribution in [2.24, 2.45) is 0 Å². The second-order valence-corrected chi connectivity index (χ2v) is 9.09. The van der Waals surface area contributed by atoms with Gasteiger partial charge >= 0.3 is 6.09 Å². The number of hydrogen-bond donors (Lipinski definition) is 0. The van der Waals surface area contributed by atoms with Crippen LogP contribution in [0.3, 0.4) is 0 Å². The van der Waals surface area contributed by atoms with Crippen LogP contribution in [0.1, 0.15) is 45.7 Å². The van der Waals surface area contributed by atoms with Gasteiger partial charge in [0.1, 0.15) is 35.0 Å². The van der Waals surface area contributed by atoms with Gasteiger partial charge in [-0.15, -0.1) is 0 Å². The molecule has 0 N–H and O–H groups in total. The molecule has 1 amide bonds. The second-order valence-electron chi connectivity index (χ2n) is 9.09. The van der Waals surface area contributed by atoms with Crippen molar-refractivity contribution in [2.75, 3.05) is 51.2 Å². The average molecular weight is 416 g/mol. The molecule has 0 aliphatic carbocycles. The third kappa shape index (κ3) is 6.23. The number of hydrogen-bond acceptors (Lipinski definition) is 7. The molecule has 2 saturated heterocycles. The number of nitriles is 1. The molecule has 0 saturated carbocycles. The van der Waals surface area contributed by atoms with E-state index in [1.165, 1.54) is 0 Å². The minimum absolute atomic E-state index is 0.00767. The van der Waals surface area contributed by atoms with Gasteiger partial charge in [0.25, 0.3) is 0 Å². The molecule has 2 aliphatic heterocycles. The monoisotopic (exact) mass is 415 g/mol. The first-order valence-corrected chi connectivity index (χ1v) is 10.7. The first-order valence-electron chi connectivity index (χ1n) is 10.7. The second kappa shape index (κ2) is 9.52. The van der Waals surface area contributed by atoms with Crippen LogP contribution in [0.25, 0.3) is 0 Å². The number of carbonyl (C=O) groups excluding carboxylic acids is 1. The summed E-state index contributed by atoms with van der Waals surface area (Å²) in [4.78, 5) is 23.1. The number of piperazine rings is 1. The zero-order chi connectivity index (χ0) is 21.7. The number of rotatable bonds is 3. The van der Waals surface area contributed by atoms with E-state index in [1.54, 1.807) is 11.0 Å². The molecule has 30 heavy (non-hydrogen) atoms. The normalized spacial score (nSPS) is 21.0. The molecule has 0 spiro atoms. The lowest BCUT2D eigenvalue weighted by Crippen LogP contribution is -2.44. The van der Waals surface area contributed by atoms with Crippen molar-refractivity contribution in [3.8, 4) is 11.8 Å². The Morgan fingerprint density at radius 3 is 2.53 bits per heavy atom. The Kier molecular flexibility index (Phi) is 7.03. The predicted molar refractivity (Wildman–Crippen MR) is 115 cm³/mol. The van der Waals surface area contributed by atoms with Gasteiger partial charge in [-0.3, -0.25) is 0 Å². The summed E-state index contributed by atoms with van der Waals surface area (Å²) < 4.78 is 11.8. The number of aromatic nitrogens is 1. The molecule has 2 fully saturated rings. The molecule has 164 valence electrons. The molecule has 8 nitrogen and oxygen atoms in total. The van der Waals surface area contributed by atoms with Crippen molar-refractivity contribution in [1.29, 1.82) is 5.26 Å². The molecule has 0 radical (unpaired) electrons. The van der Waals surface area contributed by atoms with Crippen LogP contribution in [-0.2, 0) is 4.74 Å². The lowest BCUT2D eigenvalue weighted by molar-refractivity contribution is 0.0252. The Balaban J connectivity index is 1.64. The largest absolute Gasteiger partial charge is 0.490 e. The van der Waals surface area contributed by atoms with Gasteiger partial charge in [-0.05, 0) is 40.7 Å². The van der Waals surface area contributed by atoms with Crippen LogP contribution in [0.15, 0.2) is 12.1 Å². The Morgan fingerprint density at radius 1 is 1.13 bits per heavy atom. The van der Waals surface area contributed by atoms with Gasteiger partial charge in [-0.25, -0.2) is 9.78 Å². The molecule has 8 heteroatoms. The molecule has 2 aliphatic rings. The first kappa shape index (κ1) is 22.2. The van der Waals surface area contributed by atoms with Crippen molar-refractivity contribution in [2.45, 2.75) is 51.7 Å². The number of likely N-dealkylation sites (N-methyl/N-ethyl adjacent to an activating group) is 1. The highest BCUT2D eigenvalue weighted by Gasteiger charge is 2.26. The summed E-state index contributed by atoms with van der Waals surface area (Å²) in [5.41, 5.74) is -0.130. The first-order chi connectivity index (χ1) is 14.2. The Morgan fingerprint density at radius 2 is 1.87 bits per heavy atom. The Hall–Kier alpha value is -2.53. The van der Waals surface area contributed by atoms with Crippen LogP contribution in [0, 0.1) is 11.3 Å². The fraction of sp³-hybridized carbons (Fsp3) is 0.682. The van der Waals surface area contributed by atoms with E-state index in [1.807, 2.05) is 26.8 Å². The van der Waals surface area contributed by atoms with Crippen molar-refractivity contribution < 1.29 is 14.3 Å². The number of carbonyl (C=O) groups is 1. The molecule has 1 unspecified atom stereocenters. The molecule has 3 heterocycles. The standard InChI is InChI=1S/C22H33N5O3/c1-22(2,3)30-21(28)27-8-5-6-18(7-9-27)29-19-14-17(16-23)24-20(15-19)26-12-10-25(4)11-13-26/h14-15,18H,5-13H2,1-4H3. The van der Waals surface area contributed by atoms with Gasteiger partial charge in [-0.1, -0.05) is 0 Å². The number of likely N-dealkylation sites (tertiary alicyclic amines) is 1. The van der Waals surface area contributed by atoms with Crippen LogP contribution < -0.4 is 9.64 Å². The maximum atomic E-state index is 12.4. The van der Waals surface area contributed by atoms with E-state index in [4.69, 9.17) is 9.47 Å². The number of pyridine rings is 1. The van der Waals surface area contributed by atoms with E-state index in [9.17, 15) is 10.1 Å². The maximum absolute atomic E-state index is 12.4. The molecular weight excluding hydrogens is 382 g/mol. The van der Waals surface area contributed by atoms with Crippen molar-refractivity contribution in [3.63, 3.8) is 0 Å². The number of anilines is 1. The van der Waals surface area contributed by atoms with Crippen molar-refractivity contribution in [1.82, 2.24) is 14.8 Å². The van der Waals surface area contributed by atoms with Crippen LogP contribution in [-0.4, -0.2) is 78.9 Å². The van der Waals surface area contributed by atoms with Crippen molar-refractivity contribution in [3.05, 3.63) is 17.8 Å². The van der Waals surface area contributed by atoms with Crippen molar-refractivity contribution >= 4 is 11.9 Å². The van der Waals surface area contributed by atoms with E-state index < -0.39 is 5.60 Å². The average Bonchev–Trinajstić information content (AvgIpc) is 2.92. The number of ether oxygens (including phenoxy) is 2. The highest BCUT2D eigenvalue weighted by molar-refractivity contribution is 5.68. The van der Waals surface area contributed by atoms with Crippen LogP contribution in [0.2, 0.25) is 0 Å². The molecule has 0 bridgehead atoms. The van der Waals surface area contributed by atoms with Crippen LogP contribution >= 0.6 is 0 Å². The molecule has 1 aromatic heterocycles. The SMILES string of the molecule is CN1CCN(c2cc(OC3CCCN(C(=O)OC(C)(C)C)CC3)cc(C#N)n2)CC1. The third-order valence-electron chi connectivity index (χ3n) is 5.36. The van der Waals surface area contributed by atoms with E-state index in [0.717, 1.165) is 51.3 Å². The van der Waals surface area contributed by atoms with Gasteiger partial charge < -0.3 is 24.2 Å². The van der Waals surface area contributed by atoms with E-state index in [-0.39, 0.29) is 12.2 Å². The fourth-order valence-electron chi connectivity index (χ4n) is 3.70. The zero-order valence-electron chi connectivity index (χ0n) is 18.6. The number of nitrogens with zero attached hydrogens (tertiary/aromatic N) is 5. The summed E-state index contributed by atoms with van der Waals surface area (Å²) in [5, 5.41) is 9.41. The maximum Gasteiger partial charge on any atom is 0.410 e. The topological polar surface area (TPSA) is 81.9 Å². The van der Waals surface area contributed by atoms with Crippen LogP contribution in [0.4, 0.5) is 10.6 Å². The van der Waals surface area contributed by atoms with E-state index >= 15 is 0 Å².